The van der Waals surface area contributed by atoms with Crippen LogP contribution in [0.2, 0.25) is 0 Å². The lowest BCUT2D eigenvalue weighted by molar-refractivity contribution is -0.134. The summed E-state index contributed by atoms with van der Waals surface area (Å²) in [5, 5.41) is 26.8. The molecule has 2 atom stereocenters. The summed E-state index contributed by atoms with van der Waals surface area (Å²) < 4.78 is 60.4. The first kappa shape index (κ1) is 28.5. The molecule has 226 valence electrons. The maximum Gasteiger partial charge on any atom is 0.276 e. The van der Waals surface area contributed by atoms with E-state index < -0.39 is 30.4 Å². The summed E-state index contributed by atoms with van der Waals surface area (Å²) in [6.45, 7) is -0.570. The van der Waals surface area contributed by atoms with Crippen LogP contribution in [-0.4, -0.2) is 53.7 Å². The van der Waals surface area contributed by atoms with Gasteiger partial charge < -0.3 is 15.7 Å². The van der Waals surface area contributed by atoms with Gasteiger partial charge in [0.25, 0.3) is 5.91 Å². The fraction of sp³-hybridized carbons (Fsp3) is 0.630. The van der Waals surface area contributed by atoms with Crippen molar-refractivity contribution in [1.82, 2.24) is 35.5 Å². The molecule has 1 unspecified atom stereocenters. The quantitative estimate of drug-likeness (QED) is 0.300. The lowest BCUT2D eigenvalue weighted by atomic mass is 9.79. The fourth-order valence-electron chi connectivity index (χ4n) is 6.08. The minimum atomic E-state index is -2.78. The number of aromatic nitrogens is 5. The van der Waals surface area contributed by atoms with E-state index in [0.29, 0.717) is 16.9 Å². The van der Waals surface area contributed by atoms with Crippen molar-refractivity contribution in [2.24, 2.45) is 17.8 Å². The molecule has 2 amide bonds. The number of carbonyl (C=O) groups excluding carboxylic acids is 2. The number of hydrogen-bond acceptors (Lipinski definition) is 8. The summed E-state index contributed by atoms with van der Waals surface area (Å²) >= 11 is 0. The van der Waals surface area contributed by atoms with Crippen molar-refractivity contribution in [3.05, 3.63) is 41.1 Å². The Morgan fingerprint density at radius 2 is 1.74 bits per heavy atom. The lowest BCUT2D eigenvalue weighted by Crippen LogP contribution is -2.39. The van der Waals surface area contributed by atoms with Gasteiger partial charge in [-0.15, -0.1) is 0 Å². The van der Waals surface area contributed by atoms with Gasteiger partial charge in [-0.3, -0.25) is 9.59 Å². The molecule has 42 heavy (non-hydrogen) atoms. The van der Waals surface area contributed by atoms with Crippen LogP contribution < -0.4 is 10.6 Å². The van der Waals surface area contributed by atoms with Gasteiger partial charge in [-0.1, -0.05) is 5.16 Å². The topological polar surface area (TPSA) is 148 Å². The average molecular weight is 594 g/mol. The Morgan fingerprint density at radius 3 is 2.40 bits per heavy atom. The number of carbonyl (C=O) groups is 2. The molecular weight excluding hydrogens is 562 g/mol. The van der Waals surface area contributed by atoms with Gasteiger partial charge in [0, 0.05) is 32.1 Å². The van der Waals surface area contributed by atoms with Crippen molar-refractivity contribution < 1.29 is 36.9 Å². The maximum atomic E-state index is 14.0. The number of aliphatic hydroxyl groups is 1. The minimum Gasteiger partial charge on any atom is -0.390 e. The monoisotopic (exact) mass is 593 g/mol. The van der Waals surface area contributed by atoms with Crippen LogP contribution in [-0.2, 0) is 11.4 Å². The molecule has 3 aromatic heterocycles. The summed E-state index contributed by atoms with van der Waals surface area (Å²) in [4.78, 5) is 30.4. The molecule has 0 aliphatic heterocycles. The third kappa shape index (κ3) is 6.10. The highest BCUT2D eigenvalue weighted by Gasteiger charge is 2.46. The molecular formula is C27H31F4N7O4. The molecule has 3 fully saturated rings. The number of halogens is 4. The number of alkyl halides is 4. The Labute approximate surface area is 237 Å². The fourth-order valence-corrected chi connectivity index (χ4v) is 6.08. The van der Waals surface area contributed by atoms with Crippen LogP contribution in [0.15, 0.2) is 23.1 Å². The van der Waals surface area contributed by atoms with Crippen LogP contribution in [0.5, 0.6) is 0 Å². The number of amides is 2. The van der Waals surface area contributed by atoms with Gasteiger partial charge >= 0.3 is 0 Å². The van der Waals surface area contributed by atoms with Crippen molar-refractivity contribution in [1.29, 1.82) is 0 Å². The van der Waals surface area contributed by atoms with Gasteiger partial charge in [0.05, 0.1) is 36.8 Å². The second-order valence-electron chi connectivity index (χ2n) is 11.8. The predicted molar refractivity (Wildman–Crippen MR) is 136 cm³/mol. The molecule has 0 radical (unpaired) electrons. The SMILES string of the molecule is O=C(CC1CC(F)(F)C1)NC(c1cnn2cc([C@@H](NC(=O)c3nonc3CO)C3CCC(F)(F)CC3)nc2c1)C1CC1. The zero-order chi connectivity index (χ0) is 29.6. The Bertz CT molecular complexity index is 1460. The standard InChI is InChI=1S/C27H31F4N7O4/c28-26(29)5-3-16(4-6-26)23(35-25(41)24-19(13-39)36-42-37-24)18-12-38-20(33-18)8-17(11-32-38)22(15-1-2-15)34-21(40)7-14-9-27(30,31)10-14/h8,11-12,14-16,22-23,39H,1-7,9-10,13H2,(H,34,40)(H,35,41)/t22?,23-/m0/s1. The van der Waals surface area contributed by atoms with Gasteiger partial charge in [-0.05, 0) is 60.2 Å². The zero-order valence-electron chi connectivity index (χ0n) is 22.6. The van der Waals surface area contributed by atoms with Crippen molar-refractivity contribution in [2.45, 2.75) is 88.3 Å². The number of nitrogens with zero attached hydrogens (tertiary/aromatic N) is 5. The number of hydrogen-bond donors (Lipinski definition) is 3. The van der Waals surface area contributed by atoms with E-state index in [1.165, 1.54) is 4.52 Å². The molecule has 3 aliphatic carbocycles. The first-order valence-electron chi connectivity index (χ1n) is 14.1. The molecule has 0 bridgehead atoms. The highest BCUT2D eigenvalue weighted by atomic mass is 19.3. The van der Waals surface area contributed by atoms with Crippen LogP contribution >= 0.6 is 0 Å². The molecule has 0 aromatic carbocycles. The molecule has 3 aromatic rings. The van der Waals surface area contributed by atoms with Crippen LogP contribution in [0.1, 0.15) is 97.3 Å². The van der Waals surface area contributed by atoms with E-state index >= 15 is 0 Å². The molecule has 3 saturated carbocycles. The van der Waals surface area contributed by atoms with Gasteiger partial charge in [0.15, 0.2) is 11.3 Å². The van der Waals surface area contributed by atoms with Crippen molar-refractivity contribution in [3.8, 4) is 0 Å². The zero-order valence-corrected chi connectivity index (χ0v) is 22.6. The second-order valence-corrected chi connectivity index (χ2v) is 11.8. The largest absolute Gasteiger partial charge is 0.390 e. The highest BCUT2D eigenvalue weighted by Crippen LogP contribution is 2.45. The van der Waals surface area contributed by atoms with Gasteiger partial charge in [0.2, 0.25) is 17.8 Å². The van der Waals surface area contributed by atoms with E-state index in [1.54, 1.807) is 18.5 Å². The third-order valence-electron chi connectivity index (χ3n) is 8.54. The first-order chi connectivity index (χ1) is 20.0. The first-order valence-corrected chi connectivity index (χ1v) is 14.1. The molecule has 15 heteroatoms. The predicted octanol–water partition coefficient (Wildman–Crippen LogP) is 3.90. The number of nitrogens with one attached hydrogen (secondary N) is 2. The lowest BCUT2D eigenvalue weighted by Gasteiger charge is -2.34. The molecule has 11 nitrogen and oxygen atoms in total. The maximum absolute atomic E-state index is 14.0. The summed E-state index contributed by atoms with van der Waals surface area (Å²) in [5.41, 5.74) is 1.29. The molecule has 6 rings (SSSR count). The van der Waals surface area contributed by atoms with E-state index in [0.717, 1.165) is 12.8 Å². The number of imidazole rings is 1. The highest BCUT2D eigenvalue weighted by molar-refractivity contribution is 5.93. The molecule has 3 heterocycles. The summed E-state index contributed by atoms with van der Waals surface area (Å²) in [5.74, 6) is -6.91. The van der Waals surface area contributed by atoms with Crippen LogP contribution in [0.25, 0.3) is 5.65 Å². The summed E-state index contributed by atoms with van der Waals surface area (Å²) in [6.07, 6.45) is 4.19. The average Bonchev–Trinajstić information content (AvgIpc) is 3.49. The summed E-state index contributed by atoms with van der Waals surface area (Å²) in [7, 11) is 0. The van der Waals surface area contributed by atoms with E-state index in [2.05, 4.69) is 35.7 Å². The molecule has 3 N–H and O–H groups in total. The van der Waals surface area contributed by atoms with Crippen molar-refractivity contribution in [3.63, 3.8) is 0 Å². The second kappa shape index (κ2) is 10.9. The third-order valence-corrected chi connectivity index (χ3v) is 8.54. The molecule has 0 saturated heterocycles. The minimum absolute atomic E-state index is 0.0445. The van der Waals surface area contributed by atoms with Gasteiger partial charge in [-0.25, -0.2) is 31.7 Å². The van der Waals surface area contributed by atoms with Crippen molar-refractivity contribution in [2.75, 3.05) is 0 Å². The van der Waals surface area contributed by atoms with Crippen molar-refractivity contribution >= 4 is 17.5 Å². The van der Waals surface area contributed by atoms with E-state index in [9.17, 15) is 32.3 Å². The Hall–Kier alpha value is -3.62. The molecule has 0 spiro atoms. The Balaban J connectivity index is 1.23. The Morgan fingerprint density at radius 1 is 1.02 bits per heavy atom. The van der Waals surface area contributed by atoms with E-state index in [1.807, 2.05) is 0 Å². The van der Waals surface area contributed by atoms with Gasteiger partial charge in [-0.2, -0.15) is 5.10 Å². The number of rotatable bonds is 10. The van der Waals surface area contributed by atoms with Crippen LogP contribution in [0.3, 0.4) is 0 Å². The van der Waals surface area contributed by atoms with Crippen LogP contribution in [0, 0.1) is 17.8 Å². The number of fused-ring (bicyclic) bond motifs is 1. The van der Waals surface area contributed by atoms with Gasteiger partial charge in [0.1, 0.15) is 5.69 Å². The smallest absolute Gasteiger partial charge is 0.276 e. The summed E-state index contributed by atoms with van der Waals surface area (Å²) in [6, 6.07) is 0.668. The Kier molecular flexibility index (Phi) is 7.39. The van der Waals surface area contributed by atoms with E-state index in [4.69, 9.17) is 0 Å². The molecule has 3 aliphatic rings. The number of aliphatic hydroxyl groups excluding tert-OH is 1. The van der Waals surface area contributed by atoms with Crippen LogP contribution in [0.4, 0.5) is 17.6 Å². The van der Waals surface area contributed by atoms with E-state index in [-0.39, 0.29) is 86.0 Å². The normalized spacial score (nSPS) is 21.9.